The van der Waals surface area contributed by atoms with E-state index in [1.807, 2.05) is 30.6 Å². The molecule has 1 aliphatic rings. The minimum atomic E-state index is 0.412. The molecule has 0 radical (unpaired) electrons. The lowest BCUT2D eigenvalue weighted by Gasteiger charge is -2.10. The average molecular weight is 217 g/mol. The number of anilines is 1. The molecule has 2 heterocycles. The lowest BCUT2D eigenvalue weighted by atomic mass is 10.1. The fraction of sp³-hybridized carbons (Fsp3) is 0.182. The highest BCUT2D eigenvalue weighted by Crippen LogP contribution is 2.43. The Bertz CT molecular complexity index is 472. The van der Waals surface area contributed by atoms with Crippen molar-refractivity contribution in [1.29, 1.82) is 0 Å². The van der Waals surface area contributed by atoms with E-state index in [0.29, 0.717) is 5.25 Å². The molecular formula is C11H11N3S. The number of aromatic nitrogens is 2. The van der Waals surface area contributed by atoms with Crippen LogP contribution < -0.4 is 5.73 Å². The van der Waals surface area contributed by atoms with E-state index in [4.69, 9.17) is 5.73 Å². The predicted octanol–water partition coefficient (Wildman–Crippen LogP) is 2.31. The topological polar surface area (TPSA) is 43.8 Å². The third kappa shape index (κ3) is 1.41. The van der Waals surface area contributed by atoms with Crippen LogP contribution >= 0.6 is 11.8 Å². The third-order valence-corrected chi connectivity index (χ3v) is 3.87. The number of nitrogens with two attached hydrogens (primary N) is 1. The van der Waals surface area contributed by atoms with Crippen LogP contribution in [0, 0.1) is 0 Å². The molecule has 76 valence electrons. The minimum absolute atomic E-state index is 0.412. The van der Waals surface area contributed by atoms with Gasteiger partial charge in [0.05, 0.1) is 5.25 Å². The molecule has 0 bridgehead atoms. The Labute approximate surface area is 92.3 Å². The molecule has 0 spiro atoms. The van der Waals surface area contributed by atoms with Gasteiger partial charge < -0.3 is 10.3 Å². The molecule has 2 aromatic rings. The van der Waals surface area contributed by atoms with E-state index in [2.05, 4.69) is 15.6 Å². The molecule has 4 heteroatoms. The highest BCUT2D eigenvalue weighted by Gasteiger charge is 2.25. The van der Waals surface area contributed by atoms with E-state index in [-0.39, 0.29) is 0 Å². The zero-order valence-electron chi connectivity index (χ0n) is 8.13. The molecule has 3 rings (SSSR count). The monoisotopic (exact) mass is 217 g/mol. The molecule has 0 aliphatic carbocycles. The highest BCUT2D eigenvalue weighted by molar-refractivity contribution is 7.99. The Hall–Kier alpha value is -1.42. The van der Waals surface area contributed by atoms with Gasteiger partial charge in [0.15, 0.2) is 5.16 Å². The molecule has 15 heavy (non-hydrogen) atoms. The van der Waals surface area contributed by atoms with Gasteiger partial charge >= 0.3 is 0 Å². The van der Waals surface area contributed by atoms with Gasteiger partial charge in [-0.05, 0) is 11.6 Å². The van der Waals surface area contributed by atoms with Gasteiger partial charge in [-0.2, -0.15) is 0 Å². The lowest BCUT2D eigenvalue weighted by Crippen LogP contribution is -2.01. The van der Waals surface area contributed by atoms with E-state index in [9.17, 15) is 0 Å². The van der Waals surface area contributed by atoms with Gasteiger partial charge in [-0.3, -0.25) is 0 Å². The SMILES string of the molecule is Nc1ccccc1C1Cn2ccnc2S1. The maximum atomic E-state index is 5.96. The average Bonchev–Trinajstić information content (AvgIpc) is 2.77. The Balaban J connectivity index is 1.93. The second kappa shape index (κ2) is 3.31. The summed E-state index contributed by atoms with van der Waals surface area (Å²) in [5.41, 5.74) is 8.05. The number of rotatable bonds is 1. The number of para-hydroxylation sites is 1. The molecule has 0 saturated carbocycles. The van der Waals surface area contributed by atoms with Gasteiger partial charge in [-0.15, -0.1) is 0 Å². The van der Waals surface area contributed by atoms with Crippen LogP contribution in [0.25, 0.3) is 0 Å². The first-order valence-electron chi connectivity index (χ1n) is 4.87. The molecule has 1 atom stereocenters. The van der Waals surface area contributed by atoms with E-state index in [0.717, 1.165) is 17.4 Å². The van der Waals surface area contributed by atoms with E-state index >= 15 is 0 Å². The summed E-state index contributed by atoms with van der Waals surface area (Å²) in [5, 5.41) is 1.50. The van der Waals surface area contributed by atoms with Gasteiger partial charge in [-0.25, -0.2) is 4.98 Å². The standard InChI is InChI=1S/C11H11N3S/c12-9-4-2-1-3-8(9)10-7-14-6-5-13-11(14)15-10/h1-6,10H,7,12H2. The maximum absolute atomic E-state index is 5.96. The number of fused-ring (bicyclic) bond motifs is 1. The summed E-state index contributed by atoms with van der Waals surface area (Å²) in [6, 6.07) is 8.06. The number of benzene rings is 1. The Morgan fingerprint density at radius 2 is 2.27 bits per heavy atom. The van der Waals surface area contributed by atoms with E-state index in [1.54, 1.807) is 11.8 Å². The lowest BCUT2D eigenvalue weighted by molar-refractivity contribution is 0.664. The van der Waals surface area contributed by atoms with Gasteiger partial charge in [0.2, 0.25) is 0 Å². The van der Waals surface area contributed by atoms with Crippen molar-refractivity contribution in [3.63, 3.8) is 0 Å². The second-order valence-corrected chi connectivity index (χ2v) is 4.77. The smallest absolute Gasteiger partial charge is 0.168 e. The highest BCUT2D eigenvalue weighted by atomic mass is 32.2. The van der Waals surface area contributed by atoms with Crippen LogP contribution in [0.3, 0.4) is 0 Å². The number of nitrogen functional groups attached to an aromatic ring is 1. The van der Waals surface area contributed by atoms with Gasteiger partial charge in [0.1, 0.15) is 0 Å². The fourth-order valence-corrected chi connectivity index (χ4v) is 3.09. The maximum Gasteiger partial charge on any atom is 0.168 e. The van der Waals surface area contributed by atoms with Crippen molar-refractivity contribution in [3.05, 3.63) is 42.2 Å². The first kappa shape index (κ1) is 8.85. The summed E-state index contributed by atoms with van der Waals surface area (Å²) in [6.45, 7) is 0.966. The number of hydrogen-bond acceptors (Lipinski definition) is 3. The zero-order chi connectivity index (χ0) is 10.3. The van der Waals surface area contributed by atoms with Crippen LogP contribution in [0.4, 0.5) is 5.69 Å². The van der Waals surface area contributed by atoms with Crippen LogP contribution in [0.2, 0.25) is 0 Å². The molecule has 0 amide bonds. The Morgan fingerprint density at radius 1 is 1.40 bits per heavy atom. The molecule has 0 saturated heterocycles. The number of hydrogen-bond donors (Lipinski definition) is 1. The Kier molecular flexibility index (Phi) is 1.95. The number of nitrogens with zero attached hydrogens (tertiary/aromatic N) is 2. The van der Waals surface area contributed by atoms with Crippen molar-refractivity contribution in [2.45, 2.75) is 17.0 Å². The van der Waals surface area contributed by atoms with Crippen LogP contribution in [0.5, 0.6) is 0 Å². The molecule has 3 nitrogen and oxygen atoms in total. The van der Waals surface area contributed by atoms with Crippen LogP contribution in [0.15, 0.2) is 41.8 Å². The minimum Gasteiger partial charge on any atom is -0.398 e. The van der Waals surface area contributed by atoms with Crippen molar-refractivity contribution in [2.75, 3.05) is 5.73 Å². The molecule has 1 aromatic heterocycles. The number of imidazole rings is 1. The summed E-state index contributed by atoms with van der Waals surface area (Å²) in [4.78, 5) is 4.29. The zero-order valence-corrected chi connectivity index (χ0v) is 8.95. The van der Waals surface area contributed by atoms with E-state index < -0.39 is 0 Å². The van der Waals surface area contributed by atoms with Crippen molar-refractivity contribution < 1.29 is 0 Å². The quantitative estimate of drug-likeness (QED) is 0.745. The molecule has 2 N–H and O–H groups in total. The summed E-state index contributed by atoms with van der Waals surface area (Å²) in [5.74, 6) is 0. The van der Waals surface area contributed by atoms with Crippen molar-refractivity contribution in [2.24, 2.45) is 0 Å². The van der Waals surface area contributed by atoms with Gasteiger partial charge in [-0.1, -0.05) is 30.0 Å². The summed E-state index contributed by atoms with van der Waals surface area (Å²) < 4.78 is 2.17. The van der Waals surface area contributed by atoms with Crippen molar-refractivity contribution in [3.8, 4) is 0 Å². The summed E-state index contributed by atoms with van der Waals surface area (Å²) in [7, 11) is 0. The van der Waals surface area contributed by atoms with Crippen LogP contribution in [-0.2, 0) is 6.54 Å². The first-order valence-corrected chi connectivity index (χ1v) is 5.75. The van der Waals surface area contributed by atoms with Gasteiger partial charge in [0, 0.05) is 24.6 Å². The second-order valence-electron chi connectivity index (χ2n) is 3.60. The van der Waals surface area contributed by atoms with Crippen molar-refractivity contribution in [1.82, 2.24) is 9.55 Å². The predicted molar refractivity (Wildman–Crippen MR) is 61.7 cm³/mol. The largest absolute Gasteiger partial charge is 0.398 e. The van der Waals surface area contributed by atoms with Gasteiger partial charge in [0.25, 0.3) is 0 Å². The van der Waals surface area contributed by atoms with Crippen LogP contribution in [-0.4, -0.2) is 9.55 Å². The molecule has 1 unspecified atom stereocenters. The number of thioether (sulfide) groups is 1. The fourth-order valence-electron chi connectivity index (χ4n) is 1.86. The molecule has 1 aliphatic heterocycles. The normalized spacial score (nSPS) is 19.1. The third-order valence-electron chi connectivity index (χ3n) is 2.63. The summed E-state index contributed by atoms with van der Waals surface area (Å²) >= 11 is 1.78. The molecule has 0 fully saturated rings. The first-order chi connectivity index (χ1) is 7.34. The van der Waals surface area contributed by atoms with Crippen molar-refractivity contribution >= 4 is 17.4 Å². The molecule has 1 aromatic carbocycles. The molecular weight excluding hydrogens is 206 g/mol. The van der Waals surface area contributed by atoms with Crippen LogP contribution in [0.1, 0.15) is 10.8 Å². The summed E-state index contributed by atoms with van der Waals surface area (Å²) in [6.07, 6.45) is 3.86. The van der Waals surface area contributed by atoms with E-state index in [1.165, 1.54) is 5.56 Å². The Morgan fingerprint density at radius 3 is 3.07 bits per heavy atom.